The molecule has 1 fully saturated rings. The normalized spacial score (nSPS) is 15.1. The fourth-order valence-electron chi connectivity index (χ4n) is 3.03. The van der Waals surface area contributed by atoms with E-state index in [9.17, 15) is 9.59 Å². The number of ether oxygens (including phenoxy) is 1. The van der Waals surface area contributed by atoms with Crippen LogP contribution in [-0.4, -0.2) is 56.1 Å². The van der Waals surface area contributed by atoms with Crippen LogP contribution in [0.15, 0.2) is 72.4 Å². The molecular weight excluding hydrogens is 378 g/mol. The minimum atomic E-state index is -0.357. The van der Waals surface area contributed by atoms with Crippen LogP contribution < -0.4 is 10.6 Å². The summed E-state index contributed by atoms with van der Waals surface area (Å²) in [5.41, 5.74) is 1.96. The van der Waals surface area contributed by atoms with E-state index in [2.05, 4.69) is 15.5 Å². The number of benzene rings is 2. The van der Waals surface area contributed by atoms with Gasteiger partial charge in [0.1, 0.15) is 5.70 Å². The monoisotopic (exact) mass is 405 g/mol. The van der Waals surface area contributed by atoms with Crippen molar-refractivity contribution in [3.63, 3.8) is 0 Å². The van der Waals surface area contributed by atoms with E-state index < -0.39 is 0 Å². The molecule has 30 heavy (non-hydrogen) atoms. The summed E-state index contributed by atoms with van der Waals surface area (Å²) in [4.78, 5) is 27.4. The molecule has 0 atom stereocenters. The van der Waals surface area contributed by atoms with Crippen molar-refractivity contribution < 1.29 is 14.3 Å². The summed E-state index contributed by atoms with van der Waals surface area (Å²) in [6, 6.07) is 19.0. The number of amides is 2. The SMILES string of the molecule is O=C(/C=C/c1ccccc1)N/C(=C\c1ccccc1)C(=O)NCCN1CCOCC1. The Bertz CT molecular complexity index is 873. The molecule has 0 bridgehead atoms. The maximum atomic E-state index is 12.7. The summed E-state index contributed by atoms with van der Waals surface area (Å²) in [5, 5.41) is 5.61. The number of carbonyl (C=O) groups excluding carboxylic acids is 2. The third-order valence-electron chi connectivity index (χ3n) is 4.66. The number of hydrogen-bond acceptors (Lipinski definition) is 4. The third kappa shape index (κ3) is 7.31. The van der Waals surface area contributed by atoms with Crippen molar-refractivity contribution in [2.75, 3.05) is 39.4 Å². The molecule has 1 aliphatic heterocycles. The highest BCUT2D eigenvalue weighted by Gasteiger charge is 2.14. The standard InChI is InChI=1S/C24H27N3O3/c28-23(12-11-20-7-3-1-4-8-20)26-22(19-21-9-5-2-6-10-21)24(29)25-13-14-27-15-17-30-18-16-27/h1-12,19H,13-18H2,(H,25,29)(H,26,28)/b12-11+,22-19-. The lowest BCUT2D eigenvalue weighted by Crippen LogP contribution is -2.42. The second-order valence-electron chi connectivity index (χ2n) is 6.91. The molecule has 2 amide bonds. The van der Waals surface area contributed by atoms with Gasteiger partial charge in [0.15, 0.2) is 0 Å². The highest BCUT2D eigenvalue weighted by molar-refractivity contribution is 6.04. The van der Waals surface area contributed by atoms with Crippen LogP contribution in [0.2, 0.25) is 0 Å². The number of morpholine rings is 1. The van der Waals surface area contributed by atoms with E-state index in [0.717, 1.165) is 44.0 Å². The van der Waals surface area contributed by atoms with Crippen molar-refractivity contribution in [1.82, 2.24) is 15.5 Å². The largest absolute Gasteiger partial charge is 0.379 e. The van der Waals surface area contributed by atoms with Crippen molar-refractivity contribution in [2.24, 2.45) is 0 Å². The molecule has 0 aromatic heterocycles. The molecule has 0 aliphatic carbocycles. The van der Waals surface area contributed by atoms with Gasteiger partial charge >= 0.3 is 0 Å². The molecule has 0 radical (unpaired) electrons. The molecule has 1 aliphatic rings. The van der Waals surface area contributed by atoms with Crippen LogP contribution in [0.3, 0.4) is 0 Å². The van der Waals surface area contributed by atoms with Gasteiger partial charge in [0.05, 0.1) is 13.2 Å². The highest BCUT2D eigenvalue weighted by atomic mass is 16.5. The van der Waals surface area contributed by atoms with Crippen molar-refractivity contribution >= 4 is 24.0 Å². The van der Waals surface area contributed by atoms with Crippen LogP contribution in [0.1, 0.15) is 11.1 Å². The van der Waals surface area contributed by atoms with E-state index in [0.29, 0.717) is 6.54 Å². The summed E-state index contributed by atoms with van der Waals surface area (Å²) in [6.45, 7) is 4.41. The second-order valence-corrected chi connectivity index (χ2v) is 6.91. The molecule has 0 spiro atoms. The summed E-state index contributed by atoms with van der Waals surface area (Å²) in [7, 11) is 0. The first-order valence-corrected chi connectivity index (χ1v) is 10.1. The molecule has 6 heteroatoms. The minimum Gasteiger partial charge on any atom is -0.379 e. The van der Waals surface area contributed by atoms with Gasteiger partial charge in [0.25, 0.3) is 5.91 Å². The van der Waals surface area contributed by atoms with Crippen LogP contribution in [0.25, 0.3) is 12.2 Å². The minimum absolute atomic E-state index is 0.214. The predicted molar refractivity (Wildman–Crippen MR) is 118 cm³/mol. The van der Waals surface area contributed by atoms with Crippen LogP contribution in [0.5, 0.6) is 0 Å². The molecule has 0 saturated carbocycles. The van der Waals surface area contributed by atoms with Gasteiger partial charge in [-0.25, -0.2) is 0 Å². The number of carbonyl (C=O) groups is 2. The lowest BCUT2D eigenvalue weighted by Gasteiger charge is -2.26. The van der Waals surface area contributed by atoms with Crippen molar-refractivity contribution in [1.29, 1.82) is 0 Å². The highest BCUT2D eigenvalue weighted by Crippen LogP contribution is 2.06. The summed E-state index contributed by atoms with van der Waals surface area (Å²) >= 11 is 0. The molecule has 6 nitrogen and oxygen atoms in total. The Balaban J connectivity index is 1.62. The quantitative estimate of drug-likeness (QED) is 0.662. The number of rotatable bonds is 8. The zero-order valence-corrected chi connectivity index (χ0v) is 16.9. The predicted octanol–water partition coefficient (Wildman–Crippen LogP) is 2.31. The molecule has 156 valence electrons. The van der Waals surface area contributed by atoms with Gasteiger partial charge in [-0.05, 0) is 23.3 Å². The lowest BCUT2D eigenvalue weighted by molar-refractivity contribution is -0.121. The van der Waals surface area contributed by atoms with Crippen LogP contribution in [-0.2, 0) is 14.3 Å². The Kier molecular flexibility index (Phi) is 8.38. The lowest BCUT2D eigenvalue weighted by atomic mass is 10.2. The Morgan fingerprint density at radius 3 is 2.23 bits per heavy atom. The molecule has 1 saturated heterocycles. The van der Waals surface area contributed by atoms with Gasteiger partial charge in [-0.3, -0.25) is 14.5 Å². The maximum Gasteiger partial charge on any atom is 0.267 e. The Hall–Kier alpha value is -3.22. The van der Waals surface area contributed by atoms with Gasteiger partial charge < -0.3 is 15.4 Å². The topological polar surface area (TPSA) is 70.7 Å². The molecule has 2 aromatic rings. The molecule has 1 heterocycles. The van der Waals surface area contributed by atoms with Gasteiger partial charge in [-0.1, -0.05) is 60.7 Å². The fraction of sp³-hybridized carbons (Fsp3) is 0.250. The first-order valence-electron chi connectivity index (χ1n) is 10.1. The Labute approximate surface area is 177 Å². The summed E-state index contributed by atoms with van der Waals surface area (Å²) in [5.74, 6) is -0.669. The van der Waals surface area contributed by atoms with Crippen LogP contribution in [0.4, 0.5) is 0 Å². The van der Waals surface area contributed by atoms with Gasteiger partial charge in [-0.2, -0.15) is 0 Å². The van der Waals surface area contributed by atoms with Gasteiger partial charge in [-0.15, -0.1) is 0 Å². The van der Waals surface area contributed by atoms with Crippen molar-refractivity contribution in [3.8, 4) is 0 Å². The molecule has 3 rings (SSSR count). The number of nitrogens with one attached hydrogen (secondary N) is 2. The molecule has 2 aromatic carbocycles. The molecule has 0 unspecified atom stereocenters. The molecule has 2 N–H and O–H groups in total. The second kappa shape index (κ2) is 11.7. The number of hydrogen-bond donors (Lipinski definition) is 2. The molecular formula is C24H27N3O3. The van der Waals surface area contributed by atoms with E-state index in [1.165, 1.54) is 6.08 Å². The summed E-state index contributed by atoms with van der Waals surface area (Å²) in [6.07, 6.45) is 4.82. The van der Waals surface area contributed by atoms with E-state index in [-0.39, 0.29) is 17.5 Å². The summed E-state index contributed by atoms with van der Waals surface area (Å²) < 4.78 is 5.34. The van der Waals surface area contributed by atoms with Gasteiger partial charge in [0.2, 0.25) is 5.91 Å². The van der Waals surface area contributed by atoms with Gasteiger partial charge in [0, 0.05) is 32.3 Å². The first-order chi connectivity index (χ1) is 14.7. The maximum absolute atomic E-state index is 12.7. The Morgan fingerprint density at radius 2 is 1.57 bits per heavy atom. The van der Waals surface area contributed by atoms with Crippen LogP contribution >= 0.6 is 0 Å². The zero-order valence-electron chi connectivity index (χ0n) is 16.9. The first kappa shape index (κ1) is 21.5. The zero-order chi connectivity index (χ0) is 21.0. The van der Waals surface area contributed by atoms with E-state index in [1.807, 2.05) is 60.7 Å². The number of nitrogens with zero attached hydrogens (tertiary/aromatic N) is 1. The smallest absolute Gasteiger partial charge is 0.267 e. The van der Waals surface area contributed by atoms with Crippen molar-refractivity contribution in [3.05, 3.63) is 83.6 Å². The fourth-order valence-corrected chi connectivity index (χ4v) is 3.03. The third-order valence-corrected chi connectivity index (χ3v) is 4.66. The van der Waals surface area contributed by atoms with E-state index in [4.69, 9.17) is 4.74 Å². The Morgan fingerprint density at radius 1 is 0.933 bits per heavy atom. The van der Waals surface area contributed by atoms with E-state index in [1.54, 1.807) is 12.2 Å². The van der Waals surface area contributed by atoms with E-state index >= 15 is 0 Å². The van der Waals surface area contributed by atoms with Crippen molar-refractivity contribution in [2.45, 2.75) is 0 Å². The average molecular weight is 405 g/mol. The van der Waals surface area contributed by atoms with Crippen LogP contribution in [0, 0.1) is 0 Å². The average Bonchev–Trinajstić information content (AvgIpc) is 2.79.